The Labute approximate surface area is 123 Å². The summed E-state index contributed by atoms with van der Waals surface area (Å²) in [6, 6.07) is 9.45. The van der Waals surface area contributed by atoms with E-state index < -0.39 is 0 Å². The molecule has 1 aromatic carbocycles. The number of fused-ring (bicyclic) bond motifs is 1. The van der Waals surface area contributed by atoms with Crippen molar-refractivity contribution >= 4 is 22.1 Å². The maximum absolute atomic E-state index is 12.7. The SMILES string of the molecule is CCC1CCc2c(sc(N)c2C(=O)c2ccccc2)C1. The summed E-state index contributed by atoms with van der Waals surface area (Å²) in [5, 5.41) is 0.695. The van der Waals surface area contributed by atoms with Crippen LogP contribution in [0.15, 0.2) is 30.3 Å². The fourth-order valence-electron chi connectivity index (χ4n) is 3.01. The number of carbonyl (C=O) groups is 1. The van der Waals surface area contributed by atoms with Crippen molar-refractivity contribution in [2.24, 2.45) is 5.92 Å². The molecule has 0 bridgehead atoms. The van der Waals surface area contributed by atoms with E-state index in [-0.39, 0.29) is 5.78 Å². The molecule has 1 aliphatic carbocycles. The number of benzene rings is 1. The largest absolute Gasteiger partial charge is 0.390 e. The number of carbonyl (C=O) groups excluding carboxylic acids is 1. The number of hydrogen-bond acceptors (Lipinski definition) is 3. The molecule has 1 heterocycles. The summed E-state index contributed by atoms with van der Waals surface area (Å²) in [4.78, 5) is 14.0. The zero-order valence-corrected chi connectivity index (χ0v) is 12.5. The van der Waals surface area contributed by atoms with E-state index in [0.29, 0.717) is 5.00 Å². The van der Waals surface area contributed by atoms with Gasteiger partial charge in [-0.3, -0.25) is 4.79 Å². The molecule has 2 aromatic rings. The fourth-order valence-corrected chi connectivity index (χ4v) is 4.24. The highest BCUT2D eigenvalue weighted by molar-refractivity contribution is 7.16. The van der Waals surface area contributed by atoms with Gasteiger partial charge in [-0.15, -0.1) is 11.3 Å². The average Bonchev–Trinajstić information content (AvgIpc) is 2.82. The van der Waals surface area contributed by atoms with Crippen molar-refractivity contribution in [1.29, 1.82) is 0 Å². The monoisotopic (exact) mass is 285 g/mol. The minimum Gasteiger partial charge on any atom is -0.390 e. The molecule has 0 radical (unpaired) electrons. The van der Waals surface area contributed by atoms with Crippen LogP contribution in [0.4, 0.5) is 5.00 Å². The Balaban J connectivity index is 1.99. The number of rotatable bonds is 3. The van der Waals surface area contributed by atoms with Crippen LogP contribution in [0.25, 0.3) is 0 Å². The van der Waals surface area contributed by atoms with Gasteiger partial charge in [-0.1, -0.05) is 43.7 Å². The quantitative estimate of drug-likeness (QED) is 0.864. The Kier molecular flexibility index (Phi) is 3.62. The number of hydrogen-bond donors (Lipinski definition) is 1. The van der Waals surface area contributed by atoms with E-state index in [0.717, 1.165) is 29.9 Å². The van der Waals surface area contributed by atoms with Crippen molar-refractivity contribution < 1.29 is 4.79 Å². The maximum atomic E-state index is 12.7. The van der Waals surface area contributed by atoms with Gasteiger partial charge in [0.25, 0.3) is 0 Å². The second-order valence-electron chi connectivity index (χ2n) is 5.46. The van der Waals surface area contributed by atoms with Crippen molar-refractivity contribution in [2.45, 2.75) is 32.6 Å². The molecule has 0 aliphatic heterocycles. The number of nitrogen functional groups attached to an aromatic ring is 1. The van der Waals surface area contributed by atoms with Gasteiger partial charge in [-0.25, -0.2) is 0 Å². The van der Waals surface area contributed by atoms with Crippen LogP contribution in [-0.4, -0.2) is 5.78 Å². The van der Waals surface area contributed by atoms with Crippen LogP contribution >= 0.6 is 11.3 Å². The van der Waals surface area contributed by atoms with E-state index >= 15 is 0 Å². The number of nitrogens with two attached hydrogens (primary N) is 1. The summed E-state index contributed by atoms with van der Waals surface area (Å²) in [6.07, 6.45) is 4.46. The molecule has 104 valence electrons. The second kappa shape index (κ2) is 5.41. The lowest BCUT2D eigenvalue weighted by molar-refractivity contribution is 0.103. The molecular formula is C17H19NOS. The second-order valence-corrected chi connectivity index (χ2v) is 6.59. The van der Waals surface area contributed by atoms with Crippen LogP contribution in [0.1, 0.15) is 46.1 Å². The van der Waals surface area contributed by atoms with E-state index in [1.807, 2.05) is 30.3 Å². The summed E-state index contributed by atoms with van der Waals surface area (Å²) in [5.74, 6) is 0.829. The molecule has 3 rings (SSSR count). The zero-order valence-electron chi connectivity index (χ0n) is 11.7. The van der Waals surface area contributed by atoms with Gasteiger partial charge in [-0.05, 0) is 30.7 Å². The molecule has 1 atom stereocenters. The molecule has 1 aliphatic rings. The molecule has 2 nitrogen and oxygen atoms in total. The van der Waals surface area contributed by atoms with Gasteiger partial charge in [0.05, 0.1) is 10.6 Å². The smallest absolute Gasteiger partial charge is 0.196 e. The zero-order chi connectivity index (χ0) is 14.1. The Hall–Kier alpha value is -1.61. The molecular weight excluding hydrogens is 266 g/mol. The van der Waals surface area contributed by atoms with Crippen LogP contribution in [-0.2, 0) is 12.8 Å². The lowest BCUT2D eigenvalue weighted by Gasteiger charge is -2.21. The Morgan fingerprint density at radius 2 is 2.10 bits per heavy atom. The molecule has 0 saturated heterocycles. The third-order valence-electron chi connectivity index (χ3n) is 4.23. The van der Waals surface area contributed by atoms with E-state index in [2.05, 4.69) is 6.92 Å². The molecule has 3 heteroatoms. The van der Waals surface area contributed by atoms with Gasteiger partial charge in [0.15, 0.2) is 5.78 Å². The number of anilines is 1. The Morgan fingerprint density at radius 3 is 2.80 bits per heavy atom. The topological polar surface area (TPSA) is 43.1 Å². The van der Waals surface area contributed by atoms with Crippen molar-refractivity contribution in [3.05, 3.63) is 51.9 Å². The van der Waals surface area contributed by atoms with E-state index in [1.165, 1.54) is 23.3 Å². The first-order chi connectivity index (χ1) is 9.70. The third-order valence-corrected chi connectivity index (χ3v) is 5.32. The van der Waals surface area contributed by atoms with Crippen LogP contribution in [0, 0.1) is 5.92 Å². The normalized spacial score (nSPS) is 17.8. The van der Waals surface area contributed by atoms with Crippen molar-refractivity contribution in [1.82, 2.24) is 0 Å². The van der Waals surface area contributed by atoms with Crippen LogP contribution in [0.5, 0.6) is 0 Å². The highest BCUT2D eigenvalue weighted by atomic mass is 32.1. The minimum absolute atomic E-state index is 0.0792. The van der Waals surface area contributed by atoms with E-state index in [9.17, 15) is 4.79 Å². The lowest BCUT2D eigenvalue weighted by atomic mass is 9.84. The highest BCUT2D eigenvalue weighted by Gasteiger charge is 2.27. The van der Waals surface area contributed by atoms with Crippen LogP contribution in [0.3, 0.4) is 0 Å². The van der Waals surface area contributed by atoms with Gasteiger partial charge in [0, 0.05) is 10.4 Å². The maximum Gasteiger partial charge on any atom is 0.196 e. The summed E-state index contributed by atoms with van der Waals surface area (Å²) in [7, 11) is 0. The van der Waals surface area contributed by atoms with E-state index in [1.54, 1.807) is 11.3 Å². The van der Waals surface area contributed by atoms with Gasteiger partial charge < -0.3 is 5.73 Å². The molecule has 0 saturated carbocycles. The first kappa shape index (κ1) is 13.4. The Bertz CT molecular complexity index is 630. The van der Waals surface area contributed by atoms with Gasteiger partial charge >= 0.3 is 0 Å². The highest BCUT2D eigenvalue weighted by Crippen LogP contribution is 2.39. The first-order valence-corrected chi connectivity index (χ1v) is 8.02. The van der Waals surface area contributed by atoms with Gasteiger partial charge in [0.1, 0.15) is 0 Å². The van der Waals surface area contributed by atoms with Crippen LogP contribution in [0.2, 0.25) is 0 Å². The minimum atomic E-state index is 0.0792. The molecule has 0 amide bonds. The lowest BCUT2D eigenvalue weighted by Crippen LogP contribution is -2.14. The summed E-state index contributed by atoms with van der Waals surface area (Å²) in [6.45, 7) is 2.24. The fraction of sp³-hybridized carbons (Fsp3) is 0.353. The van der Waals surface area contributed by atoms with Gasteiger partial charge in [-0.2, -0.15) is 0 Å². The van der Waals surface area contributed by atoms with Crippen molar-refractivity contribution in [2.75, 3.05) is 5.73 Å². The average molecular weight is 285 g/mol. The van der Waals surface area contributed by atoms with Crippen LogP contribution < -0.4 is 5.73 Å². The van der Waals surface area contributed by atoms with Crippen molar-refractivity contribution in [3.63, 3.8) is 0 Å². The predicted octanol–water partition coefficient (Wildman–Crippen LogP) is 4.08. The molecule has 2 N–H and O–H groups in total. The summed E-state index contributed by atoms with van der Waals surface area (Å²) >= 11 is 1.62. The van der Waals surface area contributed by atoms with Crippen molar-refractivity contribution in [3.8, 4) is 0 Å². The van der Waals surface area contributed by atoms with E-state index in [4.69, 9.17) is 5.73 Å². The number of ketones is 1. The first-order valence-electron chi connectivity index (χ1n) is 7.20. The number of thiophene rings is 1. The molecule has 0 fully saturated rings. The molecule has 0 spiro atoms. The molecule has 20 heavy (non-hydrogen) atoms. The molecule has 1 aromatic heterocycles. The standard InChI is InChI=1S/C17H19NOS/c1-2-11-8-9-13-14(10-11)20-17(18)15(13)16(19)12-6-4-3-5-7-12/h3-7,11H,2,8-10,18H2,1H3. The predicted molar refractivity (Wildman–Crippen MR) is 84.4 cm³/mol. The van der Waals surface area contributed by atoms with Gasteiger partial charge in [0.2, 0.25) is 0 Å². The third kappa shape index (κ3) is 2.27. The summed E-state index contributed by atoms with van der Waals surface area (Å²) in [5.41, 5.74) is 8.86. The summed E-state index contributed by atoms with van der Waals surface area (Å²) < 4.78 is 0. The Morgan fingerprint density at radius 1 is 1.35 bits per heavy atom. The molecule has 1 unspecified atom stereocenters.